The molecule has 0 radical (unpaired) electrons. The summed E-state index contributed by atoms with van der Waals surface area (Å²) in [6.07, 6.45) is 3.71. The lowest BCUT2D eigenvalue weighted by Crippen LogP contribution is -1.99. The van der Waals surface area contributed by atoms with E-state index in [0.29, 0.717) is 33.8 Å². The first-order valence-corrected chi connectivity index (χ1v) is 11.0. The quantitative estimate of drug-likeness (QED) is 0.367. The molecule has 0 aliphatic rings. The van der Waals surface area contributed by atoms with Crippen LogP contribution in [0.4, 0.5) is 0 Å². The van der Waals surface area contributed by atoms with Gasteiger partial charge in [0, 0.05) is 0 Å². The molecule has 3 aromatic carbocycles. The molecule has 0 aliphatic heterocycles. The van der Waals surface area contributed by atoms with E-state index in [2.05, 4.69) is 5.10 Å². The van der Waals surface area contributed by atoms with Gasteiger partial charge in [0.1, 0.15) is 5.75 Å². The average molecular weight is 457 g/mol. The fourth-order valence-electron chi connectivity index (χ4n) is 3.45. The zero-order valence-electron chi connectivity index (χ0n) is 18.0. The highest BCUT2D eigenvalue weighted by atomic mass is 32.1. The molecule has 1 N–H and O–H groups in total. The fourth-order valence-corrected chi connectivity index (χ4v) is 4.37. The van der Waals surface area contributed by atoms with Gasteiger partial charge < -0.3 is 14.6 Å². The molecule has 0 amide bonds. The van der Waals surface area contributed by atoms with Crippen LogP contribution in [-0.2, 0) is 0 Å². The van der Waals surface area contributed by atoms with Gasteiger partial charge in [-0.05, 0) is 48.0 Å². The second-order valence-electron chi connectivity index (χ2n) is 7.13. The summed E-state index contributed by atoms with van der Waals surface area (Å²) in [6, 6.07) is 20.6. The number of methoxy groups -OCH3 is 2. The van der Waals surface area contributed by atoms with E-state index in [1.54, 1.807) is 31.0 Å². The number of hydrogen-bond acceptors (Lipinski definition) is 7. The number of phenolic OH excluding ortho intramolecular Hbond substituents is 1. The maximum absolute atomic E-state index is 10.5. The van der Waals surface area contributed by atoms with E-state index < -0.39 is 0 Å². The summed E-state index contributed by atoms with van der Waals surface area (Å²) in [7, 11) is 3.21. The molecule has 2 aromatic heterocycles. The fraction of sp³-hybridized carbons (Fsp3) is 0.0800. The van der Waals surface area contributed by atoms with Crippen LogP contribution in [0.25, 0.3) is 38.9 Å². The standard InChI is InChI=1S/C25H20N4O3S/c1-31-20-13-11-16(15-21(20)32-2)12-14-23-27-24(17-7-3-5-9-19(17)30)29(28-23)25-26-18-8-4-6-10-22(18)33-25/h3-15,30H,1-2H3/b14-12+. The number of aromatic nitrogens is 4. The van der Waals surface area contributed by atoms with Crippen molar-refractivity contribution in [1.29, 1.82) is 0 Å². The van der Waals surface area contributed by atoms with Gasteiger partial charge in [0.25, 0.3) is 0 Å². The van der Waals surface area contributed by atoms with Gasteiger partial charge in [0.05, 0.1) is 30.0 Å². The number of benzene rings is 3. The lowest BCUT2D eigenvalue weighted by Gasteiger charge is -2.07. The average Bonchev–Trinajstić information content (AvgIpc) is 3.47. The number of thiazole rings is 1. The number of hydrogen-bond donors (Lipinski definition) is 1. The van der Waals surface area contributed by atoms with E-state index in [1.807, 2.05) is 66.7 Å². The molecule has 0 saturated carbocycles. The molecular formula is C25H20N4O3S. The monoisotopic (exact) mass is 456 g/mol. The number of phenols is 1. The number of fused-ring (bicyclic) bond motifs is 1. The van der Waals surface area contributed by atoms with Gasteiger partial charge in [0.15, 0.2) is 23.1 Å². The van der Waals surface area contributed by atoms with Crippen LogP contribution >= 0.6 is 11.3 Å². The Hall–Kier alpha value is -4.17. The molecule has 0 atom stereocenters. The van der Waals surface area contributed by atoms with E-state index in [4.69, 9.17) is 19.4 Å². The summed E-state index contributed by atoms with van der Waals surface area (Å²) in [5.74, 6) is 2.43. The van der Waals surface area contributed by atoms with E-state index in [-0.39, 0.29) is 5.75 Å². The first kappa shape index (κ1) is 20.7. The van der Waals surface area contributed by atoms with E-state index in [9.17, 15) is 5.11 Å². The van der Waals surface area contributed by atoms with Crippen molar-refractivity contribution < 1.29 is 14.6 Å². The summed E-state index contributed by atoms with van der Waals surface area (Å²) >= 11 is 1.52. The minimum Gasteiger partial charge on any atom is -0.507 e. The number of nitrogens with zero attached hydrogens (tertiary/aromatic N) is 4. The van der Waals surface area contributed by atoms with Crippen molar-refractivity contribution in [3.8, 4) is 33.8 Å². The Balaban J connectivity index is 1.59. The zero-order chi connectivity index (χ0) is 22.8. The summed E-state index contributed by atoms with van der Waals surface area (Å²) in [4.78, 5) is 9.41. The third kappa shape index (κ3) is 4.04. The Bertz CT molecular complexity index is 1440. The van der Waals surface area contributed by atoms with Gasteiger partial charge in [-0.1, -0.05) is 47.7 Å². The van der Waals surface area contributed by atoms with Gasteiger partial charge in [-0.25, -0.2) is 9.97 Å². The molecule has 0 bridgehead atoms. The molecule has 5 aromatic rings. The van der Waals surface area contributed by atoms with Crippen molar-refractivity contribution in [2.24, 2.45) is 0 Å². The van der Waals surface area contributed by atoms with E-state index in [0.717, 1.165) is 15.8 Å². The summed E-state index contributed by atoms with van der Waals surface area (Å²) in [6.45, 7) is 0. The summed E-state index contributed by atoms with van der Waals surface area (Å²) in [5.41, 5.74) is 2.38. The largest absolute Gasteiger partial charge is 0.507 e. The second-order valence-corrected chi connectivity index (χ2v) is 8.14. The SMILES string of the molecule is COc1ccc(/C=C/c2nc(-c3ccccc3O)n(-c3nc4ccccc4s3)n2)cc1OC. The molecule has 0 aliphatic carbocycles. The van der Waals surface area contributed by atoms with Crippen LogP contribution in [0.15, 0.2) is 66.7 Å². The van der Waals surface area contributed by atoms with Crippen LogP contribution in [-0.4, -0.2) is 39.1 Å². The van der Waals surface area contributed by atoms with Crippen LogP contribution in [0.1, 0.15) is 11.4 Å². The topological polar surface area (TPSA) is 82.3 Å². The third-order valence-corrected chi connectivity index (χ3v) is 6.08. The van der Waals surface area contributed by atoms with Gasteiger partial charge in [-0.2, -0.15) is 4.68 Å². The molecule has 33 heavy (non-hydrogen) atoms. The molecule has 0 saturated heterocycles. The number of para-hydroxylation sites is 2. The lowest BCUT2D eigenvalue weighted by atomic mass is 10.2. The van der Waals surface area contributed by atoms with Crippen molar-refractivity contribution in [3.63, 3.8) is 0 Å². The molecule has 2 heterocycles. The highest BCUT2D eigenvalue weighted by molar-refractivity contribution is 7.20. The Morgan fingerprint density at radius 2 is 1.67 bits per heavy atom. The van der Waals surface area contributed by atoms with Gasteiger partial charge >= 0.3 is 0 Å². The minimum atomic E-state index is 0.127. The summed E-state index contributed by atoms with van der Waals surface area (Å²) < 4.78 is 13.4. The van der Waals surface area contributed by atoms with Crippen LogP contribution in [0, 0.1) is 0 Å². The van der Waals surface area contributed by atoms with Crippen LogP contribution in [0.5, 0.6) is 17.2 Å². The molecule has 5 rings (SSSR count). The molecule has 0 unspecified atom stereocenters. The zero-order valence-corrected chi connectivity index (χ0v) is 18.8. The smallest absolute Gasteiger partial charge is 0.213 e. The first-order chi connectivity index (χ1) is 16.2. The number of rotatable bonds is 6. The predicted octanol–water partition coefficient (Wildman–Crippen LogP) is 5.44. The number of ether oxygens (including phenoxy) is 2. The first-order valence-electron chi connectivity index (χ1n) is 10.2. The maximum Gasteiger partial charge on any atom is 0.213 e. The maximum atomic E-state index is 10.5. The van der Waals surface area contributed by atoms with Crippen molar-refractivity contribution >= 4 is 33.7 Å². The van der Waals surface area contributed by atoms with Crippen molar-refractivity contribution in [2.75, 3.05) is 14.2 Å². The predicted molar refractivity (Wildman–Crippen MR) is 130 cm³/mol. The Morgan fingerprint density at radius 3 is 2.45 bits per heavy atom. The molecule has 0 fully saturated rings. The lowest BCUT2D eigenvalue weighted by molar-refractivity contribution is 0.355. The van der Waals surface area contributed by atoms with Crippen molar-refractivity contribution in [1.82, 2.24) is 19.7 Å². The van der Waals surface area contributed by atoms with Gasteiger partial charge in [-0.15, -0.1) is 5.10 Å². The van der Waals surface area contributed by atoms with Crippen LogP contribution < -0.4 is 9.47 Å². The third-order valence-electron chi connectivity index (χ3n) is 5.06. The van der Waals surface area contributed by atoms with Gasteiger partial charge in [-0.3, -0.25) is 0 Å². The van der Waals surface area contributed by atoms with E-state index >= 15 is 0 Å². The van der Waals surface area contributed by atoms with Crippen molar-refractivity contribution in [3.05, 3.63) is 78.1 Å². The molecule has 164 valence electrons. The van der Waals surface area contributed by atoms with Crippen LogP contribution in [0.2, 0.25) is 0 Å². The second kappa shape index (κ2) is 8.76. The van der Waals surface area contributed by atoms with E-state index in [1.165, 1.54) is 11.3 Å². The minimum absolute atomic E-state index is 0.127. The Morgan fingerprint density at radius 1 is 0.879 bits per heavy atom. The molecule has 7 nitrogen and oxygen atoms in total. The van der Waals surface area contributed by atoms with Crippen molar-refractivity contribution in [2.45, 2.75) is 0 Å². The molecule has 8 heteroatoms. The summed E-state index contributed by atoms with van der Waals surface area (Å²) in [5, 5.41) is 15.8. The van der Waals surface area contributed by atoms with Gasteiger partial charge in [0.2, 0.25) is 5.13 Å². The molecular weight excluding hydrogens is 436 g/mol. The highest BCUT2D eigenvalue weighted by Gasteiger charge is 2.18. The number of aromatic hydroxyl groups is 1. The highest BCUT2D eigenvalue weighted by Crippen LogP contribution is 2.32. The Kier molecular flexibility index (Phi) is 5.50. The normalized spacial score (nSPS) is 11.3. The van der Waals surface area contributed by atoms with Crippen LogP contribution in [0.3, 0.4) is 0 Å². The molecule has 0 spiro atoms. The Labute approximate surface area is 194 Å².